The number of hydrogen-bond donors (Lipinski definition) is 4. The molecule has 9 heteroatoms. The lowest BCUT2D eigenvalue weighted by molar-refractivity contribution is 0.0490. The van der Waals surface area contributed by atoms with Gasteiger partial charge < -0.3 is 35.4 Å². The van der Waals surface area contributed by atoms with Gasteiger partial charge in [-0.15, -0.1) is 0 Å². The standard InChI is InChI=1S/2C11H14O4.H2O/c2*1-2-3-4-15-11(14)8-5-9(12)7-10(13)6-8;/h2*5-7,12-13H,2-4H2,1H3;1H2. The highest BCUT2D eigenvalue weighted by Gasteiger charge is 2.10. The lowest BCUT2D eigenvalue weighted by Gasteiger charge is -2.04. The quantitative estimate of drug-likeness (QED) is 0.360. The van der Waals surface area contributed by atoms with Gasteiger partial charge in [-0.1, -0.05) is 26.7 Å². The summed E-state index contributed by atoms with van der Waals surface area (Å²) in [6, 6.07) is 7.34. The summed E-state index contributed by atoms with van der Waals surface area (Å²) in [7, 11) is 0. The van der Waals surface area contributed by atoms with Crippen molar-refractivity contribution in [1.82, 2.24) is 0 Å². The van der Waals surface area contributed by atoms with Crippen molar-refractivity contribution in [1.29, 1.82) is 0 Å². The van der Waals surface area contributed by atoms with Crippen molar-refractivity contribution in [2.75, 3.05) is 13.2 Å². The monoisotopic (exact) mass is 438 g/mol. The molecule has 0 saturated carbocycles. The molecule has 9 nitrogen and oxygen atoms in total. The number of phenols is 4. The summed E-state index contributed by atoms with van der Waals surface area (Å²) in [5, 5.41) is 36.6. The van der Waals surface area contributed by atoms with E-state index in [0.717, 1.165) is 37.8 Å². The molecule has 31 heavy (non-hydrogen) atoms. The molecule has 0 aliphatic carbocycles. The zero-order valence-electron chi connectivity index (χ0n) is 17.6. The Morgan fingerprint density at radius 1 is 0.645 bits per heavy atom. The number of esters is 2. The summed E-state index contributed by atoms with van der Waals surface area (Å²) in [4.78, 5) is 22.8. The molecule has 2 rings (SSSR count). The van der Waals surface area contributed by atoms with E-state index in [2.05, 4.69) is 0 Å². The van der Waals surface area contributed by atoms with Crippen LogP contribution in [0.2, 0.25) is 0 Å². The van der Waals surface area contributed by atoms with Crippen LogP contribution in [0.15, 0.2) is 36.4 Å². The summed E-state index contributed by atoms with van der Waals surface area (Å²) in [5.74, 6) is -1.69. The second kappa shape index (κ2) is 14.5. The van der Waals surface area contributed by atoms with E-state index in [9.17, 15) is 9.59 Å². The van der Waals surface area contributed by atoms with E-state index in [4.69, 9.17) is 29.9 Å². The van der Waals surface area contributed by atoms with Crippen LogP contribution in [0, 0.1) is 0 Å². The van der Waals surface area contributed by atoms with Crippen LogP contribution >= 0.6 is 0 Å². The Morgan fingerprint density at radius 3 is 1.19 bits per heavy atom. The molecule has 0 aliphatic heterocycles. The van der Waals surface area contributed by atoms with Gasteiger partial charge in [0.2, 0.25) is 0 Å². The third-order valence-electron chi connectivity index (χ3n) is 3.74. The topological polar surface area (TPSA) is 165 Å². The molecule has 0 heterocycles. The predicted octanol–water partition coefficient (Wildman–Crippen LogP) is 3.28. The SMILES string of the molecule is CCCCOC(=O)c1cc(O)cc(O)c1.CCCCOC(=O)c1cc(O)cc(O)c1.O. The molecule has 0 fully saturated rings. The van der Waals surface area contributed by atoms with E-state index >= 15 is 0 Å². The Morgan fingerprint density at radius 2 is 0.935 bits per heavy atom. The third kappa shape index (κ3) is 10.8. The minimum atomic E-state index is -0.533. The van der Waals surface area contributed by atoms with E-state index in [1.165, 1.54) is 24.3 Å². The van der Waals surface area contributed by atoms with Crippen LogP contribution in [0.1, 0.15) is 60.2 Å². The molecule has 2 aromatic carbocycles. The number of rotatable bonds is 8. The molecular formula is C22H30O9. The molecular weight excluding hydrogens is 408 g/mol. The highest BCUT2D eigenvalue weighted by Crippen LogP contribution is 2.21. The molecule has 172 valence electrons. The first-order valence-corrected chi connectivity index (χ1v) is 9.67. The van der Waals surface area contributed by atoms with E-state index in [1.54, 1.807) is 0 Å². The maximum atomic E-state index is 11.4. The minimum Gasteiger partial charge on any atom is -0.508 e. The van der Waals surface area contributed by atoms with Gasteiger partial charge in [-0.05, 0) is 37.1 Å². The van der Waals surface area contributed by atoms with Crippen LogP contribution in [0.25, 0.3) is 0 Å². The van der Waals surface area contributed by atoms with Gasteiger partial charge in [-0.2, -0.15) is 0 Å². The van der Waals surface area contributed by atoms with E-state index in [0.29, 0.717) is 13.2 Å². The summed E-state index contributed by atoms with van der Waals surface area (Å²) < 4.78 is 9.83. The predicted molar refractivity (Wildman–Crippen MR) is 114 cm³/mol. The first-order chi connectivity index (χ1) is 14.3. The second-order valence-corrected chi connectivity index (χ2v) is 6.46. The third-order valence-corrected chi connectivity index (χ3v) is 3.74. The Bertz CT molecular complexity index is 724. The highest BCUT2D eigenvalue weighted by atomic mass is 16.5. The first kappa shape index (κ1) is 27.5. The second-order valence-electron chi connectivity index (χ2n) is 6.46. The Kier molecular flexibility index (Phi) is 12.9. The molecule has 6 N–H and O–H groups in total. The zero-order chi connectivity index (χ0) is 22.5. The molecule has 0 amide bonds. The fourth-order valence-corrected chi connectivity index (χ4v) is 2.21. The molecule has 0 atom stereocenters. The van der Waals surface area contributed by atoms with E-state index in [-0.39, 0.29) is 39.6 Å². The smallest absolute Gasteiger partial charge is 0.338 e. The van der Waals surface area contributed by atoms with Crippen molar-refractivity contribution < 1.29 is 45.0 Å². The normalized spacial score (nSPS) is 9.61. The molecule has 0 bridgehead atoms. The maximum absolute atomic E-state index is 11.4. The molecule has 0 radical (unpaired) electrons. The number of phenolic OH excluding ortho intramolecular Hbond substituents is 4. The van der Waals surface area contributed by atoms with Crippen LogP contribution in [0.4, 0.5) is 0 Å². The van der Waals surface area contributed by atoms with E-state index in [1.807, 2.05) is 13.8 Å². The zero-order valence-corrected chi connectivity index (χ0v) is 17.6. The maximum Gasteiger partial charge on any atom is 0.338 e. The van der Waals surface area contributed by atoms with Gasteiger partial charge in [-0.3, -0.25) is 0 Å². The van der Waals surface area contributed by atoms with Crippen LogP contribution in [-0.2, 0) is 9.47 Å². The largest absolute Gasteiger partial charge is 0.508 e. The number of hydrogen-bond acceptors (Lipinski definition) is 8. The van der Waals surface area contributed by atoms with Crippen molar-refractivity contribution in [2.45, 2.75) is 39.5 Å². The fourth-order valence-electron chi connectivity index (χ4n) is 2.21. The van der Waals surface area contributed by atoms with Crippen molar-refractivity contribution in [2.24, 2.45) is 0 Å². The van der Waals surface area contributed by atoms with Gasteiger partial charge in [0.15, 0.2) is 0 Å². The van der Waals surface area contributed by atoms with Crippen molar-refractivity contribution >= 4 is 11.9 Å². The lowest BCUT2D eigenvalue weighted by atomic mass is 10.2. The van der Waals surface area contributed by atoms with Crippen molar-refractivity contribution in [3.05, 3.63) is 47.5 Å². The molecule has 0 saturated heterocycles. The summed E-state index contributed by atoms with van der Waals surface area (Å²) in [6.07, 6.45) is 3.49. The Labute approximate surface area is 180 Å². The number of aromatic hydroxyl groups is 4. The molecule has 0 unspecified atom stereocenters. The Balaban J connectivity index is 0.000000562. The van der Waals surface area contributed by atoms with Crippen LogP contribution in [0.3, 0.4) is 0 Å². The summed E-state index contributed by atoms with van der Waals surface area (Å²) in [5.41, 5.74) is 0.312. The number of unbranched alkanes of at least 4 members (excludes halogenated alkanes) is 2. The highest BCUT2D eigenvalue weighted by molar-refractivity contribution is 5.90. The van der Waals surface area contributed by atoms with Crippen LogP contribution < -0.4 is 0 Å². The molecule has 2 aromatic rings. The first-order valence-electron chi connectivity index (χ1n) is 9.67. The van der Waals surface area contributed by atoms with Gasteiger partial charge in [0.25, 0.3) is 0 Å². The number of carbonyl (C=O) groups is 2. The van der Waals surface area contributed by atoms with Crippen molar-refractivity contribution in [3.8, 4) is 23.0 Å². The molecule has 0 aromatic heterocycles. The molecule has 0 spiro atoms. The average molecular weight is 438 g/mol. The van der Waals surface area contributed by atoms with Crippen LogP contribution in [0.5, 0.6) is 23.0 Å². The van der Waals surface area contributed by atoms with Crippen molar-refractivity contribution in [3.63, 3.8) is 0 Å². The van der Waals surface area contributed by atoms with E-state index < -0.39 is 11.9 Å². The van der Waals surface area contributed by atoms with Gasteiger partial charge in [-0.25, -0.2) is 9.59 Å². The number of benzene rings is 2. The summed E-state index contributed by atoms with van der Waals surface area (Å²) in [6.45, 7) is 4.69. The van der Waals surface area contributed by atoms with Gasteiger partial charge >= 0.3 is 11.9 Å². The average Bonchev–Trinajstić information content (AvgIpc) is 2.67. The Hall–Kier alpha value is -3.46. The van der Waals surface area contributed by atoms with Crippen LogP contribution in [-0.4, -0.2) is 51.1 Å². The fraction of sp³-hybridized carbons (Fsp3) is 0.364. The lowest BCUT2D eigenvalue weighted by Crippen LogP contribution is -2.05. The van der Waals surface area contributed by atoms with Gasteiger partial charge in [0.05, 0.1) is 24.3 Å². The number of carbonyl (C=O) groups excluding carboxylic acids is 2. The number of ether oxygens (including phenoxy) is 2. The summed E-state index contributed by atoms with van der Waals surface area (Å²) >= 11 is 0. The molecule has 0 aliphatic rings. The minimum absolute atomic E-state index is 0. The van der Waals surface area contributed by atoms with Gasteiger partial charge in [0, 0.05) is 12.1 Å². The van der Waals surface area contributed by atoms with Gasteiger partial charge in [0.1, 0.15) is 23.0 Å².